The van der Waals surface area contributed by atoms with Crippen LogP contribution < -0.4 is 25.8 Å². The van der Waals surface area contributed by atoms with Gasteiger partial charge in [-0.1, -0.05) is 23.4 Å². The quantitative estimate of drug-likeness (QED) is 0.337. The molecule has 0 fully saturated rings. The SMILES string of the molecule is CCn1c(=O)/c(=C\Nc2ccccc2)s/c1=C(/C#N)C(=O)O/N=C(\C)N. The Kier molecular flexibility index (Phi) is 6.30. The van der Waals surface area contributed by atoms with Gasteiger partial charge >= 0.3 is 5.97 Å². The molecule has 2 aromatic rings. The summed E-state index contributed by atoms with van der Waals surface area (Å²) in [5.74, 6) is -0.931. The van der Waals surface area contributed by atoms with Crippen LogP contribution in [0, 0.1) is 11.3 Å². The van der Waals surface area contributed by atoms with Gasteiger partial charge in [-0.05, 0) is 26.0 Å². The van der Waals surface area contributed by atoms with Gasteiger partial charge in [0.05, 0.1) is 0 Å². The van der Waals surface area contributed by atoms with Crippen LogP contribution in [0.25, 0.3) is 11.8 Å². The first-order valence-corrected chi connectivity index (χ1v) is 8.46. The van der Waals surface area contributed by atoms with E-state index in [0.717, 1.165) is 17.0 Å². The molecule has 0 unspecified atom stereocenters. The fourth-order valence-electron chi connectivity index (χ4n) is 2.02. The van der Waals surface area contributed by atoms with Gasteiger partial charge in [0.2, 0.25) is 0 Å². The highest BCUT2D eigenvalue weighted by Gasteiger charge is 2.17. The summed E-state index contributed by atoms with van der Waals surface area (Å²) >= 11 is 1.02. The number of nitrogens with two attached hydrogens (primary N) is 1. The van der Waals surface area contributed by atoms with Crippen LogP contribution in [0.1, 0.15) is 13.8 Å². The standard InChI is InChI=1S/C17H17N5O3S/c1-3-22-15(23)14(10-20-12-7-5-4-6-8-12)26-16(22)13(9-18)17(24)25-21-11(2)19/h4-8,10,20H,3H2,1-2H3,(H2,19,21)/b14-10+,16-13-. The molecule has 0 bridgehead atoms. The molecule has 9 heteroatoms. The Labute approximate surface area is 153 Å². The van der Waals surface area contributed by atoms with Crippen molar-refractivity contribution in [1.29, 1.82) is 5.26 Å². The number of amidine groups is 1. The van der Waals surface area contributed by atoms with Crippen molar-refractivity contribution in [3.8, 4) is 6.07 Å². The van der Waals surface area contributed by atoms with Crippen molar-refractivity contribution in [2.75, 3.05) is 5.32 Å². The Morgan fingerprint density at radius 2 is 2.15 bits per heavy atom. The molecule has 0 spiro atoms. The van der Waals surface area contributed by atoms with Gasteiger partial charge in [-0.15, -0.1) is 11.3 Å². The maximum Gasteiger partial charge on any atom is 0.379 e. The molecule has 0 radical (unpaired) electrons. The van der Waals surface area contributed by atoms with Crippen LogP contribution in [0.2, 0.25) is 0 Å². The first kappa shape index (κ1) is 19.0. The third-order valence-electron chi connectivity index (χ3n) is 3.17. The van der Waals surface area contributed by atoms with E-state index in [1.807, 2.05) is 30.3 Å². The van der Waals surface area contributed by atoms with Gasteiger partial charge < -0.3 is 15.9 Å². The van der Waals surface area contributed by atoms with Crippen LogP contribution in [-0.4, -0.2) is 16.4 Å². The summed E-state index contributed by atoms with van der Waals surface area (Å²) in [6.45, 7) is 3.48. The Morgan fingerprint density at radius 3 is 2.73 bits per heavy atom. The molecule has 0 aliphatic carbocycles. The molecule has 0 aliphatic heterocycles. The van der Waals surface area contributed by atoms with Crippen molar-refractivity contribution >= 4 is 40.6 Å². The van der Waals surface area contributed by atoms with Crippen molar-refractivity contribution in [3.63, 3.8) is 0 Å². The summed E-state index contributed by atoms with van der Waals surface area (Å²) in [5.41, 5.74) is 5.50. The summed E-state index contributed by atoms with van der Waals surface area (Å²) < 4.78 is 1.89. The van der Waals surface area contributed by atoms with E-state index < -0.39 is 5.97 Å². The Balaban J connectivity index is 2.55. The number of aromatic nitrogens is 1. The number of para-hydroxylation sites is 1. The van der Waals surface area contributed by atoms with Crippen LogP contribution in [0.4, 0.5) is 5.69 Å². The highest BCUT2D eigenvalue weighted by Crippen LogP contribution is 2.04. The number of nitrogens with one attached hydrogen (secondary N) is 1. The molecule has 0 atom stereocenters. The Bertz CT molecular complexity index is 1040. The normalized spacial score (nSPS) is 13.1. The summed E-state index contributed by atoms with van der Waals surface area (Å²) in [7, 11) is 0. The lowest BCUT2D eigenvalue weighted by Crippen LogP contribution is -2.32. The number of nitrogens with zero attached hydrogens (tertiary/aromatic N) is 3. The zero-order valence-corrected chi connectivity index (χ0v) is 15.0. The van der Waals surface area contributed by atoms with Gasteiger partial charge in [0.1, 0.15) is 21.1 Å². The van der Waals surface area contributed by atoms with Gasteiger partial charge in [-0.3, -0.25) is 9.36 Å². The predicted octanol–water partition coefficient (Wildman–Crippen LogP) is 0.289. The predicted molar refractivity (Wildman–Crippen MR) is 100 cm³/mol. The lowest BCUT2D eigenvalue weighted by atomic mass is 10.3. The van der Waals surface area contributed by atoms with Crippen LogP contribution in [-0.2, 0) is 16.2 Å². The van der Waals surface area contributed by atoms with Crippen LogP contribution in [0.3, 0.4) is 0 Å². The second-order valence-corrected chi connectivity index (χ2v) is 6.10. The lowest BCUT2D eigenvalue weighted by Gasteiger charge is -1.98. The van der Waals surface area contributed by atoms with Crippen LogP contribution in [0.5, 0.6) is 0 Å². The van der Waals surface area contributed by atoms with E-state index in [2.05, 4.69) is 15.3 Å². The van der Waals surface area contributed by atoms with Crippen molar-refractivity contribution in [2.45, 2.75) is 20.4 Å². The van der Waals surface area contributed by atoms with E-state index in [9.17, 15) is 14.9 Å². The van der Waals surface area contributed by atoms with Crippen LogP contribution >= 0.6 is 11.3 Å². The van der Waals surface area contributed by atoms with Gasteiger partial charge in [0.15, 0.2) is 5.57 Å². The van der Waals surface area contributed by atoms with E-state index in [1.54, 1.807) is 19.2 Å². The number of benzene rings is 1. The third-order valence-corrected chi connectivity index (χ3v) is 4.30. The molecule has 26 heavy (non-hydrogen) atoms. The number of nitriles is 1. The number of carbonyl (C=O) groups is 1. The van der Waals surface area contributed by atoms with Gasteiger partial charge in [-0.2, -0.15) is 5.26 Å². The van der Waals surface area contributed by atoms with E-state index in [4.69, 9.17) is 5.73 Å². The smallest absolute Gasteiger partial charge is 0.379 e. The zero-order chi connectivity index (χ0) is 19.1. The minimum atomic E-state index is -0.969. The largest absolute Gasteiger partial charge is 0.385 e. The molecular weight excluding hydrogens is 354 g/mol. The molecule has 1 aromatic heterocycles. The van der Waals surface area contributed by atoms with Crippen molar-refractivity contribution in [2.24, 2.45) is 10.9 Å². The number of hydrogen-bond donors (Lipinski definition) is 2. The average Bonchev–Trinajstić information content (AvgIpc) is 2.95. The Hall–Kier alpha value is -3.38. The average molecular weight is 371 g/mol. The zero-order valence-electron chi connectivity index (χ0n) is 14.2. The summed E-state index contributed by atoms with van der Waals surface area (Å²) in [5, 5.41) is 15.7. The number of rotatable bonds is 5. The molecule has 3 N–H and O–H groups in total. The van der Waals surface area contributed by atoms with E-state index >= 15 is 0 Å². The molecule has 134 valence electrons. The molecule has 1 aromatic carbocycles. The maximum atomic E-state index is 12.5. The number of carbonyl (C=O) groups excluding carboxylic acids is 1. The Morgan fingerprint density at radius 1 is 1.46 bits per heavy atom. The minimum Gasteiger partial charge on any atom is -0.385 e. The van der Waals surface area contributed by atoms with Crippen molar-refractivity contribution < 1.29 is 9.63 Å². The molecule has 8 nitrogen and oxygen atoms in total. The molecule has 0 amide bonds. The highest BCUT2D eigenvalue weighted by atomic mass is 32.1. The summed E-state index contributed by atoms with van der Waals surface area (Å²) in [6.07, 6.45) is 1.54. The first-order chi connectivity index (χ1) is 12.5. The summed E-state index contributed by atoms with van der Waals surface area (Å²) in [4.78, 5) is 29.2. The second kappa shape index (κ2) is 8.64. The van der Waals surface area contributed by atoms with E-state index in [0.29, 0.717) is 11.1 Å². The molecule has 0 saturated heterocycles. The van der Waals surface area contributed by atoms with E-state index in [-0.39, 0.29) is 21.6 Å². The third kappa shape index (κ3) is 4.37. The number of anilines is 1. The topological polar surface area (TPSA) is 122 Å². The van der Waals surface area contributed by atoms with Gasteiger partial charge in [0.25, 0.3) is 5.56 Å². The second-order valence-electron chi connectivity index (χ2n) is 5.07. The fraction of sp³-hybridized carbons (Fsp3) is 0.176. The van der Waals surface area contributed by atoms with E-state index in [1.165, 1.54) is 11.5 Å². The van der Waals surface area contributed by atoms with Crippen LogP contribution in [0.15, 0.2) is 40.3 Å². The monoisotopic (exact) mass is 371 g/mol. The van der Waals surface area contributed by atoms with Gasteiger partial charge in [-0.25, -0.2) is 4.79 Å². The number of thiazole rings is 1. The highest BCUT2D eigenvalue weighted by molar-refractivity contribution is 7.07. The summed E-state index contributed by atoms with van der Waals surface area (Å²) in [6, 6.07) is 11.1. The van der Waals surface area contributed by atoms with Gasteiger partial charge in [0, 0.05) is 18.4 Å². The lowest BCUT2D eigenvalue weighted by molar-refractivity contribution is -0.136. The minimum absolute atomic E-state index is 0.0378. The molecule has 0 aliphatic rings. The molecule has 2 rings (SSSR count). The maximum absolute atomic E-state index is 12.5. The number of oxime groups is 1. The number of hydrogen-bond acceptors (Lipinski definition) is 7. The fourth-order valence-corrected chi connectivity index (χ4v) is 3.09. The first-order valence-electron chi connectivity index (χ1n) is 7.65. The molecular formula is C17H17N5O3S. The molecule has 1 heterocycles. The van der Waals surface area contributed by atoms with Crippen molar-refractivity contribution in [3.05, 3.63) is 49.9 Å². The molecule has 0 saturated carbocycles. The van der Waals surface area contributed by atoms with Crippen molar-refractivity contribution in [1.82, 2.24) is 4.57 Å².